The third kappa shape index (κ3) is 3.13. The molecule has 1 N–H and O–H groups in total. The lowest BCUT2D eigenvalue weighted by molar-refractivity contribution is -0.141. The topological polar surface area (TPSA) is 46.0 Å². The Hall–Kier alpha value is -1.76. The van der Waals surface area contributed by atoms with Crippen molar-refractivity contribution in [2.45, 2.75) is 16.1 Å². The van der Waals surface area contributed by atoms with Crippen molar-refractivity contribution in [3.8, 4) is 5.75 Å². The summed E-state index contributed by atoms with van der Waals surface area (Å²) in [6, 6.07) is 8.39. The summed E-state index contributed by atoms with van der Waals surface area (Å²) in [5.74, 6) is 0.123. The normalized spacial score (nSPS) is 11.5. The highest BCUT2D eigenvalue weighted by Crippen LogP contribution is 2.30. The van der Waals surface area contributed by atoms with Gasteiger partial charge in [0.25, 0.3) is 0 Å². The van der Waals surface area contributed by atoms with Gasteiger partial charge in [-0.05, 0) is 36.4 Å². The fraction of sp³-hybridized carbons (Fsp3) is 0.0909. The number of phenolic OH excluding ortho intramolecular Hbond substituents is 1. The Morgan fingerprint density at radius 3 is 2.11 bits per heavy atom. The van der Waals surface area contributed by atoms with E-state index >= 15 is 0 Å². The SMILES string of the molecule is Oc1ccc(Sc2ccc(C(F)(F)F)nn2)cc1. The molecule has 0 fully saturated rings. The molecule has 2 rings (SSSR count). The molecule has 1 aromatic heterocycles. The zero-order chi connectivity index (χ0) is 13.2. The summed E-state index contributed by atoms with van der Waals surface area (Å²) in [5.41, 5.74) is -1.02. The van der Waals surface area contributed by atoms with Crippen LogP contribution in [-0.4, -0.2) is 15.3 Å². The van der Waals surface area contributed by atoms with Crippen LogP contribution in [-0.2, 0) is 6.18 Å². The molecule has 0 spiro atoms. The first-order valence-electron chi connectivity index (χ1n) is 4.83. The van der Waals surface area contributed by atoms with E-state index in [0.29, 0.717) is 5.03 Å². The molecule has 0 saturated carbocycles. The van der Waals surface area contributed by atoms with Crippen molar-refractivity contribution < 1.29 is 18.3 Å². The monoisotopic (exact) mass is 272 g/mol. The van der Waals surface area contributed by atoms with Gasteiger partial charge in [-0.3, -0.25) is 0 Å². The van der Waals surface area contributed by atoms with Crippen molar-refractivity contribution >= 4 is 11.8 Å². The van der Waals surface area contributed by atoms with Crippen molar-refractivity contribution in [3.05, 3.63) is 42.1 Å². The molecular formula is C11H7F3N2OS. The van der Waals surface area contributed by atoms with E-state index in [9.17, 15) is 13.2 Å². The first-order valence-corrected chi connectivity index (χ1v) is 5.64. The second kappa shape index (κ2) is 4.85. The van der Waals surface area contributed by atoms with Crippen LogP contribution in [0.1, 0.15) is 5.69 Å². The summed E-state index contributed by atoms with van der Waals surface area (Å²) in [6.07, 6.45) is -4.48. The summed E-state index contributed by atoms with van der Waals surface area (Å²) in [7, 11) is 0. The van der Waals surface area contributed by atoms with Gasteiger partial charge in [-0.2, -0.15) is 13.2 Å². The van der Waals surface area contributed by atoms with Crippen molar-refractivity contribution in [1.29, 1.82) is 0 Å². The zero-order valence-electron chi connectivity index (χ0n) is 8.85. The molecule has 3 nitrogen and oxygen atoms in total. The summed E-state index contributed by atoms with van der Waals surface area (Å²) in [6.45, 7) is 0. The molecule has 0 saturated heterocycles. The number of phenols is 1. The van der Waals surface area contributed by atoms with Crippen LogP contribution in [0.5, 0.6) is 5.75 Å². The van der Waals surface area contributed by atoms with Crippen molar-refractivity contribution in [1.82, 2.24) is 10.2 Å². The lowest BCUT2D eigenvalue weighted by Crippen LogP contribution is -2.08. The molecule has 18 heavy (non-hydrogen) atoms. The van der Waals surface area contributed by atoms with Crippen molar-refractivity contribution in [2.75, 3.05) is 0 Å². The van der Waals surface area contributed by atoms with Crippen LogP contribution in [0.3, 0.4) is 0 Å². The van der Waals surface area contributed by atoms with Crippen LogP contribution in [0.25, 0.3) is 0 Å². The van der Waals surface area contributed by atoms with E-state index in [1.54, 1.807) is 12.1 Å². The first-order chi connectivity index (χ1) is 8.45. The van der Waals surface area contributed by atoms with Gasteiger partial charge in [0.15, 0.2) is 5.69 Å². The predicted octanol–water partition coefficient (Wildman–Crippen LogP) is 3.35. The minimum atomic E-state index is -4.48. The summed E-state index contributed by atoms with van der Waals surface area (Å²) < 4.78 is 36.8. The molecule has 1 heterocycles. The van der Waals surface area contributed by atoms with E-state index in [1.165, 1.54) is 18.2 Å². The molecular weight excluding hydrogens is 265 g/mol. The van der Waals surface area contributed by atoms with Gasteiger partial charge in [-0.1, -0.05) is 11.8 Å². The minimum Gasteiger partial charge on any atom is -0.508 e. The van der Waals surface area contributed by atoms with Crippen LogP contribution in [0, 0.1) is 0 Å². The first kappa shape index (κ1) is 12.7. The lowest BCUT2D eigenvalue weighted by atomic mass is 10.3. The average Bonchev–Trinajstić information content (AvgIpc) is 2.32. The molecule has 0 bridgehead atoms. The molecule has 0 atom stereocenters. The standard InChI is InChI=1S/C11H7F3N2OS/c12-11(13,14)9-5-6-10(16-15-9)18-8-3-1-7(17)2-4-8/h1-6,17H. The Labute approximate surface area is 105 Å². The Bertz CT molecular complexity index is 525. The van der Waals surface area contributed by atoms with Gasteiger partial charge in [-0.25, -0.2) is 0 Å². The fourth-order valence-electron chi connectivity index (χ4n) is 1.16. The number of hydrogen-bond donors (Lipinski definition) is 1. The van der Waals surface area contributed by atoms with Gasteiger partial charge in [0.2, 0.25) is 0 Å². The number of aromatic nitrogens is 2. The maximum absolute atomic E-state index is 12.3. The third-order valence-corrected chi connectivity index (χ3v) is 2.92. The smallest absolute Gasteiger partial charge is 0.435 e. The minimum absolute atomic E-state index is 0.123. The predicted molar refractivity (Wildman–Crippen MR) is 59.3 cm³/mol. The number of nitrogens with zero attached hydrogens (tertiary/aromatic N) is 2. The molecule has 7 heteroatoms. The van der Waals surface area contributed by atoms with Gasteiger partial charge in [0.05, 0.1) is 0 Å². The molecule has 94 valence electrons. The molecule has 2 aromatic rings. The largest absolute Gasteiger partial charge is 0.508 e. The molecule has 0 aliphatic heterocycles. The van der Waals surface area contributed by atoms with E-state index < -0.39 is 11.9 Å². The molecule has 0 radical (unpaired) electrons. The number of rotatable bonds is 2. The molecule has 1 aromatic carbocycles. The maximum atomic E-state index is 12.3. The van der Waals surface area contributed by atoms with E-state index in [4.69, 9.17) is 5.11 Å². The Morgan fingerprint density at radius 1 is 0.944 bits per heavy atom. The number of alkyl halides is 3. The molecule has 0 aliphatic rings. The highest BCUT2D eigenvalue weighted by Gasteiger charge is 2.32. The van der Waals surface area contributed by atoms with Gasteiger partial charge < -0.3 is 5.11 Å². The number of hydrogen-bond acceptors (Lipinski definition) is 4. The van der Waals surface area contributed by atoms with Crippen LogP contribution < -0.4 is 0 Å². The molecule has 0 aliphatic carbocycles. The number of aromatic hydroxyl groups is 1. The second-order valence-corrected chi connectivity index (χ2v) is 4.44. The van der Waals surface area contributed by atoms with Crippen molar-refractivity contribution in [3.63, 3.8) is 0 Å². The van der Waals surface area contributed by atoms with E-state index in [-0.39, 0.29) is 5.75 Å². The summed E-state index contributed by atoms with van der Waals surface area (Å²) in [4.78, 5) is 0.752. The summed E-state index contributed by atoms with van der Waals surface area (Å²) >= 11 is 1.16. The number of benzene rings is 1. The van der Waals surface area contributed by atoms with E-state index in [2.05, 4.69) is 10.2 Å². The zero-order valence-corrected chi connectivity index (χ0v) is 9.66. The second-order valence-electron chi connectivity index (χ2n) is 3.35. The van der Waals surface area contributed by atoms with Crippen LogP contribution >= 0.6 is 11.8 Å². The van der Waals surface area contributed by atoms with Crippen LogP contribution in [0.15, 0.2) is 46.3 Å². The highest BCUT2D eigenvalue weighted by molar-refractivity contribution is 7.99. The highest BCUT2D eigenvalue weighted by atomic mass is 32.2. The van der Waals surface area contributed by atoms with Gasteiger partial charge in [0.1, 0.15) is 10.8 Å². The van der Waals surface area contributed by atoms with Crippen LogP contribution in [0.4, 0.5) is 13.2 Å². The average molecular weight is 272 g/mol. The summed E-state index contributed by atoms with van der Waals surface area (Å²) in [5, 5.41) is 16.1. The Balaban J connectivity index is 2.13. The number of halogens is 3. The fourth-order valence-corrected chi connectivity index (χ4v) is 1.89. The van der Waals surface area contributed by atoms with Gasteiger partial charge >= 0.3 is 6.18 Å². The Kier molecular flexibility index (Phi) is 3.42. The quantitative estimate of drug-likeness (QED) is 0.910. The third-order valence-electron chi connectivity index (χ3n) is 1.99. The van der Waals surface area contributed by atoms with Crippen LogP contribution in [0.2, 0.25) is 0 Å². The molecule has 0 unspecified atom stereocenters. The van der Waals surface area contributed by atoms with Crippen molar-refractivity contribution in [2.24, 2.45) is 0 Å². The molecule has 0 amide bonds. The Morgan fingerprint density at radius 2 is 1.61 bits per heavy atom. The van der Waals surface area contributed by atoms with E-state index in [1.807, 2.05) is 0 Å². The maximum Gasteiger partial charge on any atom is 0.435 e. The lowest BCUT2D eigenvalue weighted by Gasteiger charge is -2.05. The van der Waals surface area contributed by atoms with Gasteiger partial charge in [-0.15, -0.1) is 10.2 Å². The van der Waals surface area contributed by atoms with Gasteiger partial charge in [0, 0.05) is 4.90 Å². The van der Waals surface area contributed by atoms with E-state index in [0.717, 1.165) is 22.7 Å².